The highest BCUT2D eigenvalue weighted by Crippen LogP contribution is 2.46. The second-order valence-electron chi connectivity index (χ2n) is 4.09. The number of amides is 1. The van der Waals surface area contributed by atoms with Gasteiger partial charge in [-0.3, -0.25) is 4.79 Å². The predicted molar refractivity (Wildman–Crippen MR) is 67.4 cm³/mol. The Bertz CT molecular complexity index is 655. The van der Waals surface area contributed by atoms with Gasteiger partial charge in [-0.25, -0.2) is 9.79 Å². The summed E-state index contributed by atoms with van der Waals surface area (Å²) in [5.74, 6) is -4.53. The first-order chi connectivity index (χ1) is 9.58. The van der Waals surface area contributed by atoms with Crippen molar-refractivity contribution in [2.24, 2.45) is 4.99 Å². The van der Waals surface area contributed by atoms with E-state index in [0.29, 0.717) is 0 Å². The van der Waals surface area contributed by atoms with Crippen LogP contribution in [0.25, 0.3) is 0 Å². The highest BCUT2D eigenvalue weighted by atomic mass is 35.5. The van der Waals surface area contributed by atoms with E-state index < -0.39 is 35.0 Å². The van der Waals surface area contributed by atoms with Crippen molar-refractivity contribution >= 4 is 40.9 Å². The molecule has 1 amide bonds. The average Bonchev–Trinajstić information content (AvgIpc) is 2.66. The number of amidine groups is 1. The first kappa shape index (κ1) is 15.6. The molecule has 0 saturated heterocycles. The Morgan fingerprint density at radius 2 is 1.76 bits per heavy atom. The summed E-state index contributed by atoms with van der Waals surface area (Å²) in [6, 6.07) is 2.88. The van der Waals surface area contributed by atoms with Crippen molar-refractivity contribution in [3.8, 4) is 0 Å². The average molecular weight is 341 g/mol. The van der Waals surface area contributed by atoms with Gasteiger partial charge in [-0.1, -0.05) is 23.2 Å². The molecule has 10 heteroatoms. The van der Waals surface area contributed by atoms with Crippen molar-refractivity contribution in [3.63, 3.8) is 0 Å². The summed E-state index contributed by atoms with van der Waals surface area (Å²) in [5, 5.41) is 10.0. The van der Waals surface area contributed by atoms with Crippen molar-refractivity contribution in [1.29, 1.82) is 0 Å². The molecule has 1 aliphatic rings. The quantitative estimate of drug-likeness (QED) is 0.867. The first-order valence-electron chi connectivity index (χ1n) is 5.26. The van der Waals surface area contributed by atoms with E-state index >= 15 is 0 Å². The van der Waals surface area contributed by atoms with E-state index in [1.165, 1.54) is 6.07 Å². The third-order valence-electron chi connectivity index (χ3n) is 2.73. The van der Waals surface area contributed by atoms with Gasteiger partial charge in [0.25, 0.3) is 11.4 Å². The molecule has 0 saturated carbocycles. The molecule has 1 aromatic carbocycles. The second kappa shape index (κ2) is 4.88. The molecule has 1 aliphatic heterocycles. The highest BCUT2D eigenvalue weighted by Gasteiger charge is 2.65. The van der Waals surface area contributed by atoms with Crippen LogP contribution in [0.4, 0.5) is 13.2 Å². The molecule has 0 bridgehead atoms. The van der Waals surface area contributed by atoms with Gasteiger partial charge in [-0.15, -0.1) is 0 Å². The first-order valence-corrected chi connectivity index (χ1v) is 6.01. The van der Waals surface area contributed by atoms with Crippen LogP contribution in [0.1, 0.15) is 5.56 Å². The lowest BCUT2D eigenvalue weighted by Crippen LogP contribution is -2.49. The number of aliphatic carboxylic acids is 1. The Morgan fingerprint density at radius 3 is 2.14 bits per heavy atom. The van der Waals surface area contributed by atoms with Crippen LogP contribution in [-0.4, -0.2) is 29.0 Å². The summed E-state index contributed by atoms with van der Waals surface area (Å²) in [4.78, 5) is 25.6. The van der Waals surface area contributed by atoms with E-state index in [0.717, 1.165) is 12.1 Å². The van der Waals surface area contributed by atoms with Crippen LogP contribution in [0, 0.1) is 0 Å². The minimum absolute atomic E-state index is 0.145. The number of benzene rings is 1. The maximum Gasteiger partial charge on any atom is 0.427 e. The van der Waals surface area contributed by atoms with Crippen LogP contribution in [0.2, 0.25) is 10.0 Å². The molecule has 0 fully saturated rings. The number of carbonyl (C=O) groups excluding carboxylic acids is 1. The van der Waals surface area contributed by atoms with Crippen LogP contribution in [0.3, 0.4) is 0 Å². The van der Waals surface area contributed by atoms with Crippen LogP contribution in [0.5, 0.6) is 0 Å². The number of carbonyl (C=O) groups is 2. The van der Waals surface area contributed by atoms with Crippen LogP contribution < -0.4 is 5.32 Å². The van der Waals surface area contributed by atoms with Gasteiger partial charge in [0.1, 0.15) is 0 Å². The Hall–Kier alpha value is -1.80. The Labute approximate surface area is 125 Å². The number of rotatable bonds is 2. The lowest BCUT2D eigenvalue weighted by molar-refractivity contribution is -0.190. The molecule has 21 heavy (non-hydrogen) atoms. The molecule has 1 heterocycles. The predicted octanol–water partition coefficient (Wildman–Crippen LogP) is 2.36. The van der Waals surface area contributed by atoms with Gasteiger partial charge in [0.15, 0.2) is 0 Å². The smallest absolute Gasteiger partial charge is 0.427 e. The number of hydrogen-bond acceptors (Lipinski definition) is 3. The summed E-state index contributed by atoms with van der Waals surface area (Å²) in [6.45, 7) is 0. The Kier molecular flexibility index (Phi) is 3.63. The van der Waals surface area contributed by atoms with E-state index in [2.05, 4.69) is 4.99 Å². The largest absolute Gasteiger partial charge is 0.475 e. The number of alkyl halides is 3. The number of nitrogens with zero attached hydrogens (tertiary/aromatic N) is 1. The molecule has 0 spiro atoms. The number of hydrogen-bond donors (Lipinski definition) is 2. The topological polar surface area (TPSA) is 78.8 Å². The van der Waals surface area contributed by atoms with Gasteiger partial charge in [-0.05, 0) is 18.2 Å². The molecule has 0 radical (unpaired) electrons. The number of carboxylic acids is 1. The number of nitrogens with one attached hydrogen (secondary N) is 1. The van der Waals surface area contributed by atoms with E-state index in [-0.39, 0.29) is 10.0 Å². The number of aliphatic imine (C=N–C) groups is 1. The van der Waals surface area contributed by atoms with Crippen molar-refractivity contribution in [3.05, 3.63) is 33.8 Å². The van der Waals surface area contributed by atoms with Crippen LogP contribution in [-0.2, 0) is 15.1 Å². The maximum atomic E-state index is 13.4. The molecular weight excluding hydrogens is 336 g/mol. The second-order valence-corrected chi connectivity index (χ2v) is 4.96. The lowest BCUT2D eigenvalue weighted by Gasteiger charge is -2.26. The van der Waals surface area contributed by atoms with E-state index in [1.54, 1.807) is 5.32 Å². The van der Waals surface area contributed by atoms with Crippen molar-refractivity contribution in [2.45, 2.75) is 11.7 Å². The van der Waals surface area contributed by atoms with Crippen LogP contribution in [0.15, 0.2) is 23.2 Å². The molecule has 1 aromatic rings. The SMILES string of the molecule is O=C(O)C1=NC(c2cc(Cl)cc(Cl)c2)(C(F)(F)F)C(=O)N1. The molecule has 5 nitrogen and oxygen atoms in total. The summed E-state index contributed by atoms with van der Waals surface area (Å²) < 4.78 is 40.2. The third kappa shape index (κ3) is 2.44. The Balaban J connectivity index is 2.76. The van der Waals surface area contributed by atoms with Crippen molar-refractivity contribution < 1.29 is 27.9 Å². The normalized spacial score (nSPS) is 22.0. The molecule has 2 rings (SSSR count). The van der Waals surface area contributed by atoms with E-state index in [1.807, 2.05) is 0 Å². The molecular formula is C11H5Cl2F3N2O3. The molecule has 1 atom stereocenters. The summed E-state index contributed by atoms with van der Waals surface area (Å²) in [6.07, 6.45) is -5.18. The lowest BCUT2D eigenvalue weighted by atomic mass is 9.89. The zero-order valence-corrected chi connectivity index (χ0v) is 11.3. The summed E-state index contributed by atoms with van der Waals surface area (Å²) >= 11 is 11.3. The standard InChI is InChI=1S/C11H5Cl2F3N2O3/c12-5-1-4(2-6(13)3-5)10(11(14,15)16)9(21)17-7(18-10)8(19)20/h1-3H,(H,19,20)(H,17,18,21). The van der Waals surface area contributed by atoms with Gasteiger partial charge in [0.05, 0.1) is 0 Å². The minimum atomic E-state index is -5.18. The molecule has 2 N–H and O–H groups in total. The van der Waals surface area contributed by atoms with E-state index in [4.69, 9.17) is 28.3 Å². The highest BCUT2D eigenvalue weighted by molar-refractivity contribution is 6.40. The number of halogens is 5. The molecule has 112 valence electrons. The third-order valence-corrected chi connectivity index (χ3v) is 3.17. The van der Waals surface area contributed by atoms with Crippen molar-refractivity contribution in [1.82, 2.24) is 5.32 Å². The number of carboxylic acid groups (broad SMARTS) is 1. The fourth-order valence-corrected chi connectivity index (χ4v) is 2.39. The van der Waals surface area contributed by atoms with Gasteiger partial charge in [-0.2, -0.15) is 13.2 Å². The van der Waals surface area contributed by atoms with Crippen molar-refractivity contribution in [2.75, 3.05) is 0 Å². The van der Waals surface area contributed by atoms with Gasteiger partial charge in [0.2, 0.25) is 5.84 Å². The fourth-order valence-electron chi connectivity index (χ4n) is 1.86. The van der Waals surface area contributed by atoms with Crippen LogP contribution >= 0.6 is 23.2 Å². The van der Waals surface area contributed by atoms with Gasteiger partial charge < -0.3 is 10.4 Å². The molecule has 0 aliphatic carbocycles. The fraction of sp³-hybridized carbons (Fsp3) is 0.182. The minimum Gasteiger partial charge on any atom is -0.475 e. The van der Waals surface area contributed by atoms with Gasteiger partial charge in [0, 0.05) is 15.6 Å². The zero-order chi connectivity index (χ0) is 16.0. The summed E-state index contributed by atoms with van der Waals surface area (Å²) in [5.41, 5.74) is -4.06. The molecule has 1 unspecified atom stereocenters. The van der Waals surface area contributed by atoms with Gasteiger partial charge >= 0.3 is 12.1 Å². The molecule has 0 aromatic heterocycles. The van der Waals surface area contributed by atoms with E-state index in [9.17, 15) is 22.8 Å². The Morgan fingerprint density at radius 1 is 1.24 bits per heavy atom. The summed E-state index contributed by atoms with van der Waals surface area (Å²) in [7, 11) is 0. The monoisotopic (exact) mass is 340 g/mol. The zero-order valence-electron chi connectivity index (χ0n) is 9.83. The maximum absolute atomic E-state index is 13.4.